The van der Waals surface area contributed by atoms with Crippen molar-refractivity contribution in [3.05, 3.63) is 65.4 Å². The van der Waals surface area contributed by atoms with Gasteiger partial charge in [0, 0.05) is 43.7 Å². The highest BCUT2D eigenvalue weighted by Gasteiger charge is 2.26. The van der Waals surface area contributed by atoms with Crippen LogP contribution < -0.4 is 10.2 Å². The van der Waals surface area contributed by atoms with Crippen LogP contribution in [-0.4, -0.2) is 50.6 Å². The number of pyridine rings is 1. The van der Waals surface area contributed by atoms with Gasteiger partial charge in [-0.25, -0.2) is 9.97 Å². The molecule has 1 fully saturated rings. The Morgan fingerprint density at radius 1 is 1.24 bits per heavy atom. The molecule has 2 amide bonds. The fourth-order valence-corrected chi connectivity index (χ4v) is 4.71. The van der Waals surface area contributed by atoms with E-state index in [-0.39, 0.29) is 24.3 Å². The average molecular weight is 481 g/mol. The molecule has 1 unspecified atom stereocenters. The highest BCUT2D eigenvalue weighted by molar-refractivity contribution is 7.17. The van der Waals surface area contributed by atoms with E-state index in [1.165, 1.54) is 23.8 Å². The number of rotatable bonds is 9. The Morgan fingerprint density at radius 2 is 2.18 bits per heavy atom. The molecule has 11 heteroatoms. The van der Waals surface area contributed by atoms with Crippen LogP contribution in [0, 0.1) is 0 Å². The second kappa shape index (κ2) is 10.1. The Balaban J connectivity index is 1.25. The van der Waals surface area contributed by atoms with Crippen molar-refractivity contribution in [2.75, 3.05) is 18.1 Å². The molecule has 10 nitrogen and oxygen atoms in total. The molecule has 1 atom stereocenters. The van der Waals surface area contributed by atoms with Crippen LogP contribution in [0.1, 0.15) is 40.1 Å². The molecule has 1 aliphatic heterocycles. The number of hydrogen-bond donors (Lipinski definition) is 1. The van der Waals surface area contributed by atoms with Crippen LogP contribution in [0.15, 0.2) is 53.9 Å². The molecule has 34 heavy (non-hydrogen) atoms. The molecule has 0 radical (unpaired) electrons. The lowest BCUT2D eigenvalue weighted by Crippen LogP contribution is -2.37. The van der Waals surface area contributed by atoms with Crippen LogP contribution >= 0.6 is 11.3 Å². The molecule has 4 aromatic rings. The summed E-state index contributed by atoms with van der Waals surface area (Å²) in [5, 5.41) is 7.10. The van der Waals surface area contributed by atoms with Crippen LogP contribution in [0.3, 0.4) is 0 Å². The first-order chi connectivity index (χ1) is 16.7. The van der Waals surface area contributed by atoms with Crippen LogP contribution in [-0.2, 0) is 22.5 Å². The molecule has 1 saturated heterocycles. The first kappa shape index (κ1) is 22.2. The van der Waals surface area contributed by atoms with Crippen molar-refractivity contribution in [3.8, 4) is 0 Å². The van der Waals surface area contributed by atoms with Gasteiger partial charge in [0.2, 0.25) is 5.91 Å². The van der Waals surface area contributed by atoms with E-state index < -0.39 is 0 Å². The van der Waals surface area contributed by atoms with Crippen molar-refractivity contribution in [2.24, 2.45) is 0 Å². The number of imidazole rings is 1. The van der Waals surface area contributed by atoms with E-state index in [0.717, 1.165) is 29.6 Å². The van der Waals surface area contributed by atoms with Gasteiger partial charge in [-0.1, -0.05) is 22.6 Å². The SMILES string of the molecule is O=C(NCc1ccc2nccn2c1)c1cnc(N(CC2CCCO2)C(=O)CCc2cnoc2)s1. The number of nitrogens with one attached hydrogen (secondary N) is 1. The lowest BCUT2D eigenvalue weighted by atomic mass is 10.2. The topological polar surface area (TPSA) is 115 Å². The number of thiazole rings is 1. The maximum Gasteiger partial charge on any atom is 0.263 e. The van der Waals surface area contributed by atoms with Crippen molar-refractivity contribution in [3.63, 3.8) is 0 Å². The molecule has 4 aromatic heterocycles. The van der Waals surface area contributed by atoms with E-state index in [4.69, 9.17) is 9.26 Å². The van der Waals surface area contributed by atoms with Crippen LogP contribution in [0.4, 0.5) is 5.13 Å². The van der Waals surface area contributed by atoms with Crippen molar-refractivity contribution in [2.45, 2.75) is 38.3 Å². The van der Waals surface area contributed by atoms with Gasteiger partial charge in [0.15, 0.2) is 5.13 Å². The van der Waals surface area contributed by atoms with Gasteiger partial charge in [-0.15, -0.1) is 0 Å². The third-order valence-electron chi connectivity index (χ3n) is 5.67. The monoisotopic (exact) mass is 480 g/mol. The van der Waals surface area contributed by atoms with E-state index in [1.54, 1.807) is 17.3 Å². The first-order valence-electron chi connectivity index (χ1n) is 11.1. The Morgan fingerprint density at radius 3 is 3.00 bits per heavy atom. The molecule has 176 valence electrons. The molecule has 0 saturated carbocycles. The largest absolute Gasteiger partial charge is 0.376 e. The molecule has 0 aromatic carbocycles. The molecule has 1 aliphatic rings. The Kier molecular flexibility index (Phi) is 6.63. The minimum absolute atomic E-state index is 0.0289. The lowest BCUT2D eigenvalue weighted by Gasteiger charge is -2.23. The summed E-state index contributed by atoms with van der Waals surface area (Å²) in [4.78, 5) is 36.5. The second-order valence-corrected chi connectivity index (χ2v) is 9.10. The number of amides is 2. The summed E-state index contributed by atoms with van der Waals surface area (Å²) >= 11 is 1.20. The Bertz CT molecular complexity index is 1260. The Hall–Kier alpha value is -3.57. The van der Waals surface area contributed by atoms with Gasteiger partial charge in [-0.05, 0) is 30.9 Å². The van der Waals surface area contributed by atoms with Gasteiger partial charge in [-0.3, -0.25) is 14.5 Å². The number of aromatic nitrogens is 4. The van der Waals surface area contributed by atoms with E-state index >= 15 is 0 Å². The molecule has 5 heterocycles. The van der Waals surface area contributed by atoms with E-state index in [0.29, 0.717) is 36.1 Å². The summed E-state index contributed by atoms with van der Waals surface area (Å²) in [6.45, 7) is 1.49. The number of carbonyl (C=O) groups excluding carboxylic acids is 2. The predicted octanol–water partition coefficient (Wildman–Crippen LogP) is 2.85. The molecule has 0 bridgehead atoms. The van der Waals surface area contributed by atoms with Crippen LogP contribution in [0.25, 0.3) is 5.65 Å². The summed E-state index contributed by atoms with van der Waals surface area (Å²) in [6.07, 6.45) is 12.8. The minimum atomic E-state index is -0.233. The van der Waals surface area contributed by atoms with Gasteiger partial charge < -0.3 is 19.0 Å². The zero-order valence-electron chi connectivity index (χ0n) is 18.4. The lowest BCUT2D eigenvalue weighted by molar-refractivity contribution is -0.119. The summed E-state index contributed by atoms with van der Waals surface area (Å²) < 4.78 is 12.5. The third kappa shape index (κ3) is 5.15. The number of hydrogen-bond acceptors (Lipinski definition) is 8. The van der Waals surface area contributed by atoms with Gasteiger partial charge in [-0.2, -0.15) is 0 Å². The van der Waals surface area contributed by atoms with Crippen LogP contribution in [0.2, 0.25) is 0 Å². The van der Waals surface area contributed by atoms with Gasteiger partial charge in [0.05, 0.1) is 25.0 Å². The highest BCUT2D eigenvalue weighted by Crippen LogP contribution is 2.26. The van der Waals surface area contributed by atoms with Crippen molar-refractivity contribution >= 4 is 33.9 Å². The number of nitrogens with zero attached hydrogens (tertiary/aromatic N) is 5. The molecule has 0 aliphatic carbocycles. The summed E-state index contributed by atoms with van der Waals surface area (Å²) in [7, 11) is 0. The molecule has 1 N–H and O–H groups in total. The van der Waals surface area contributed by atoms with Crippen molar-refractivity contribution < 1.29 is 18.8 Å². The van der Waals surface area contributed by atoms with Crippen LogP contribution in [0.5, 0.6) is 0 Å². The molecular weight excluding hydrogens is 456 g/mol. The first-order valence-corrected chi connectivity index (χ1v) is 11.9. The third-order valence-corrected chi connectivity index (χ3v) is 6.69. The maximum absolute atomic E-state index is 13.1. The average Bonchev–Trinajstić information content (AvgIpc) is 3.66. The van der Waals surface area contributed by atoms with Gasteiger partial charge in [0.1, 0.15) is 16.8 Å². The standard InChI is InChI=1S/C23H24N6O4S/c30-21(6-4-17-11-27-33-15-17)29(14-18-2-1-9-32-18)23-26-12-19(34-23)22(31)25-10-16-3-5-20-24-7-8-28(20)13-16/h3,5,7-8,11-13,15,18H,1-2,4,6,9-10,14H2,(H,25,31). The number of fused-ring (bicyclic) bond motifs is 1. The fraction of sp³-hybridized carbons (Fsp3) is 0.348. The number of ether oxygens (including phenoxy) is 1. The predicted molar refractivity (Wildman–Crippen MR) is 125 cm³/mol. The van der Waals surface area contributed by atoms with Crippen molar-refractivity contribution in [1.29, 1.82) is 0 Å². The summed E-state index contributed by atoms with van der Waals surface area (Å²) in [5.41, 5.74) is 2.66. The quantitative estimate of drug-likeness (QED) is 0.392. The summed E-state index contributed by atoms with van der Waals surface area (Å²) in [6, 6.07) is 3.83. The number of aryl methyl sites for hydroxylation is 1. The van der Waals surface area contributed by atoms with Gasteiger partial charge in [0.25, 0.3) is 5.91 Å². The minimum Gasteiger partial charge on any atom is -0.376 e. The molecular formula is C23H24N6O4S. The smallest absolute Gasteiger partial charge is 0.263 e. The Labute approximate surface area is 199 Å². The van der Waals surface area contributed by atoms with Gasteiger partial charge >= 0.3 is 0 Å². The number of carbonyl (C=O) groups is 2. The summed E-state index contributed by atoms with van der Waals surface area (Å²) in [5.74, 6) is -0.310. The zero-order valence-corrected chi connectivity index (χ0v) is 19.2. The normalized spacial score (nSPS) is 15.6. The molecule has 5 rings (SSSR count). The van der Waals surface area contributed by atoms with Crippen molar-refractivity contribution in [1.82, 2.24) is 24.8 Å². The highest BCUT2D eigenvalue weighted by atomic mass is 32.1. The maximum atomic E-state index is 13.1. The number of anilines is 1. The zero-order chi connectivity index (χ0) is 23.3. The van der Waals surface area contributed by atoms with E-state index in [9.17, 15) is 9.59 Å². The second-order valence-electron chi connectivity index (χ2n) is 8.09. The van der Waals surface area contributed by atoms with E-state index in [1.807, 2.05) is 28.9 Å². The fourth-order valence-electron chi connectivity index (χ4n) is 3.85. The van der Waals surface area contributed by atoms with E-state index in [2.05, 4.69) is 20.4 Å². The molecule has 0 spiro atoms.